The van der Waals surface area contributed by atoms with E-state index in [0.29, 0.717) is 29.4 Å². The minimum Gasteiger partial charge on any atom is -0.363 e. The molecule has 4 atom stereocenters. The van der Waals surface area contributed by atoms with Gasteiger partial charge in [-0.05, 0) is 73.9 Å². The van der Waals surface area contributed by atoms with Gasteiger partial charge in [-0.25, -0.2) is 0 Å². The first kappa shape index (κ1) is 27.6. The summed E-state index contributed by atoms with van der Waals surface area (Å²) in [6, 6.07) is 0.556. The van der Waals surface area contributed by atoms with Crippen molar-refractivity contribution in [1.82, 2.24) is 15.1 Å². The highest BCUT2D eigenvalue weighted by molar-refractivity contribution is 6.22. The van der Waals surface area contributed by atoms with Crippen LogP contribution in [-0.2, 0) is 4.74 Å². The summed E-state index contributed by atoms with van der Waals surface area (Å²) in [5.74, 6) is 2.04. The average molecular weight is 506 g/mol. The molecule has 35 heavy (non-hydrogen) atoms. The number of hydrogen-bond donors (Lipinski definition) is 1. The molecule has 0 bridgehead atoms. The van der Waals surface area contributed by atoms with Gasteiger partial charge in [0, 0.05) is 32.2 Å². The summed E-state index contributed by atoms with van der Waals surface area (Å²) in [6.45, 7) is 17.6. The van der Waals surface area contributed by atoms with E-state index in [4.69, 9.17) is 16.3 Å². The Balaban J connectivity index is 1.20. The lowest BCUT2D eigenvalue weighted by Gasteiger charge is -2.46. The van der Waals surface area contributed by atoms with Crippen molar-refractivity contribution in [2.75, 3.05) is 46.0 Å². The van der Waals surface area contributed by atoms with E-state index < -0.39 is 0 Å². The second-order valence-corrected chi connectivity index (χ2v) is 13.5. The molecule has 3 fully saturated rings. The van der Waals surface area contributed by atoms with E-state index in [9.17, 15) is 0 Å². The molecule has 4 rings (SSSR count). The van der Waals surface area contributed by atoms with Crippen LogP contribution in [0.25, 0.3) is 0 Å². The lowest BCUT2D eigenvalue weighted by Crippen LogP contribution is -2.52. The maximum Gasteiger partial charge on any atom is 0.0994 e. The molecule has 5 heteroatoms. The summed E-state index contributed by atoms with van der Waals surface area (Å²) < 4.78 is 6.24. The van der Waals surface area contributed by atoms with E-state index in [1.54, 1.807) is 0 Å². The maximum atomic E-state index is 6.28. The van der Waals surface area contributed by atoms with Crippen molar-refractivity contribution in [3.63, 3.8) is 0 Å². The Morgan fingerprint density at radius 3 is 2.54 bits per heavy atom. The monoisotopic (exact) mass is 505 g/mol. The number of nitrogens with one attached hydrogen (secondary N) is 1. The van der Waals surface area contributed by atoms with Gasteiger partial charge in [-0.15, -0.1) is 11.6 Å². The summed E-state index contributed by atoms with van der Waals surface area (Å²) in [7, 11) is 0. The molecule has 1 unspecified atom stereocenters. The van der Waals surface area contributed by atoms with Crippen LogP contribution in [0.4, 0.5) is 0 Å². The van der Waals surface area contributed by atoms with Gasteiger partial charge in [0.25, 0.3) is 0 Å². The molecule has 0 radical (unpaired) electrons. The Bertz CT molecular complexity index is 714. The summed E-state index contributed by atoms with van der Waals surface area (Å²) in [4.78, 5) is 5.27. The normalized spacial score (nSPS) is 31.7. The van der Waals surface area contributed by atoms with Crippen molar-refractivity contribution in [2.24, 2.45) is 23.2 Å². The van der Waals surface area contributed by atoms with Gasteiger partial charge in [0.2, 0.25) is 0 Å². The standard InChI is InChI=1S/C30H52ClN3O/c1-23(2)29(32-18-24-14-16-34(19-24)22-35-27-8-6-5-7-9-27)20-33-17-15-28(30(3,4)21-33)25-10-12-26(31)13-11-25/h10-12,23-24,26-29,32H,5-9,13-22H2,1-4H3/t24-,26?,28+,29-/m0/s1. The van der Waals surface area contributed by atoms with Crippen LogP contribution in [0.5, 0.6) is 0 Å². The Hall–Kier alpha value is -0.390. The molecule has 2 aliphatic carbocycles. The number of rotatable bonds is 10. The summed E-state index contributed by atoms with van der Waals surface area (Å²) >= 11 is 6.28. The molecule has 2 heterocycles. The molecule has 2 saturated heterocycles. The van der Waals surface area contributed by atoms with Crippen molar-refractivity contribution in [3.05, 3.63) is 23.8 Å². The van der Waals surface area contributed by atoms with Crippen LogP contribution in [-0.4, -0.2) is 73.3 Å². The first-order valence-electron chi connectivity index (χ1n) is 14.6. The van der Waals surface area contributed by atoms with Crippen molar-refractivity contribution >= 4 is 11.6 Å². The SMILES string of the molecule is CC(C)[C@H](CN1CC[C@H](C2=CCC(Cl)C=C2)C(C)(C)C1)NC[C@@H]1CCN(COC2CCCCC2)C1. The van der Waals surface area contributed by atoms with E-state index in [1.807, 2.05) is 0 Å². The molecule has 200 valence electrons. The number of piperidine rings is 1. The second-order valence-electron chi connectivity index (χ2n) is 12.9. The second kappa shape index (κ2) is 12.9. The lowest BCUT2D eigenvalue weighted by molar-refractivity contribution is -0.0306. The molecule has 4 aliphatic rings. The largest absolute Gasteiger partial charge is 0.363 e. The molecule has 0 aromatic rings. The number of halogens is 1. The fraction of sp³-hybridized carbons (Fsp3) is 0.867. The fourth-order valence-electron chi connectivity index (χ4n) is 6.86. The van der Waals surface area contributed by atoms with E-state index >= 15 is 0 Å². The van der Waals surface area contributed by atoms with Crippen LogP contribution in [0.1, 0.15) is 79.1 Å². The van der Waals surface area contributed by atoms with E-state index in [-0.39, 0.29) is 5.38 Å². The Kier molecular flexibility index (Phi) is 10.2. The lowest BCUT2D eigenvalue weighted by atomic mass is 9.69. The molecule has 1 N–H and O–H groups in total. The van der Waals surface area contributed by atoms with Crippen LogP contribution >= 0.6 is 11.6 Å². The molecule has 0 aromatic carbocycles. The Labute approximate surface area is 220 Å². The zero-order chi connectivity index (χ0) is 24.8. The zero-order valence-corrected chi connectivity index (χ0v) is 23.7. The molecular formula is C30H52ClN3O. The zero-order valence-electron chi connectivity index (χ0n) is 23.0. The van der Waals surface area contributed by atoms with Gasteiger partial charge < -0.3 is 15.0 Å². The number of ether oxygens (including phenoxy) is 1. The average Bonchev–Trinajstić information content (AvgIpc) is 3.29. The van der Waals surface area contributed by atoms with Crippen LogP contribution < -0.4 is 5.32 Å². The van der Waals surface area contributed by atoms with Gasteiger partial charge >= 0.3 is 0 Å². The number of alkyl halides is 1. The quantitative estimate of drug-likeness (QED) is 0.364. The molecule has 0 spiro atoms. The Morgan fingerprint density at radius 1 is 1.09 bits per heavy atom. The first-order valence-corrected chi connectivity index (χ1v) is 15.1. The minimum absolute atomic E-state index is 0.177. The van der Waals surface area contributed by atoms with E-state index in [1.165, 1.54) is 76.7 Å². The van der Waals surface area contributed by atoms with Crippen molar-refractivity contribution in [1.29, 1.82) is 0 Å². The third-order valence-corrected chi connectivity index (χ3v) is 9.45. The topological polar surface area (TPSA) is 27.7 Å². The molecule has 4 nitrogen and oxygen atoms in total. The molecule has 1 saturated carbocycles. The fourth-order valence-corrected chi connectivity index (χ4v) is 7.02. The van der Waals surface area contributed by atoms with Crippen LogP contribution in [0, 0.1) is 23.2 Å². The molecule has 0 amide bonds. The van der Waals surface area contributed by atoms with Crippen molar-refractivity contribution in [2.45, 2.75) is 96.6 Å². The minimum atomic E-state index is 0.177. The smallest absolute Gasteiger partial charge is 0.0994 e. The van der Waals surface area contributed by atoms with Crippen LogP contribution in [0.15, 0.2) is 23.8 Å². The summed E-state index contributed by atoms with van der Waals surface area (Å²) in [6.07, 6.45) is 17.6. The van der Waals surface area contributed by atoms with Gasteiger partial charge in [-0.3, -0.25) is 4.90 Å². The highest BCUT2D eigenvalue weighted by atomic mass is 35.5. The number of likely N-dealkylation sites (tertiary alicyclic amines) is 2. The summed E-state index contributed by atoms with van der Waals surface area (Å²) in [5, 5.41) is 4.17. The maximum absolute atomic E-state index is 6.28. The van der Waals surface area contributed by atoms with Gasteiger partial charge in [0.05, 0.1) is 18.2 Å². The van der Waals surface area contributed by atoms with Crippen LogP contribution in [0.2, 0.25) is 0 Å². The van der Waals surface area contributed by atoms with Gasteiger partial charge in [0.1, 0.15) is 0 Å². The third-order valence-electron chi connectivity index (χ3n) is 9.13. The number of hydrogen-bond acceptors (Lipinski definition) is 4. The predicted molar refractivity (Wildman–Crippen MR) is 149 cm³/mol. The number of allylic oxidation sites excluding steroid dienone is 4. The predicted octanol–water partition coefficient (Wildman–Crippen LogP) is 6.07. The van der Waals surface area contributed by atoms with Crippen LogP contribution in [0.3, 0.4) is 0 Å². The van der Waals surface area contributed by atoms with Crippen molar-refractivity contribution in [3.8, 4) is 0 Å². The third kappa shape index (κ3) is 8.04. The Morgan fingerprint density at radius 2 is 1.86 bits per heavy atom. The van der Waals surface area contributed by atoms with E-state index in [0.717, 1.165) is 32.2 Å². The van der Waals surface area contributed by atoms with E-state index in [2.05, 4.69) is 61.0 Å². The van der Waals surface area contributed by atoms with Gasteiger partial charge in [-0.1, -0.05) is 65.2 Å². The highest BCUT2D eigenvalue weighted by Gasteiger charge is 2.38. The van der Waals surface area contributed by atoms with Gasteiger partial charge in [-0.2, -0.15) is 0 Å². The highest BCUT2D eigenvalue weighted by Crippen LogP contribution is 2.41. The van der Waals surface area contributed by atoms with Gasteiger partial charge in [0.15, 0.2) is 0 Å². The summed E-state index contributed by atoms with van der Waals surface area (Å²) in [5.41, 5.74) is 1.81. The molecule has 0 aromatic heterocycles. The molecule has 2 aliphatic heterocycles. The van der Waals surface area contributed by atoms with Crippen molar-refractivity contribution < 1.29 is 4.74 Å². The number of nitrogens with zero attached hydrogens (tertiary/aromatic N) is 2. The first-order chi connectivity index (χ1) is 16.8. The molecular weight excluding hydrogens is 454 g/mol.